The average molecular weight is 294 g/mol. The van der Waals surface area contributed by atoms with Gasteiger partial charge in [-0.15, -0.1) is 0 Å². The number of benzene rings is 1. The number of aromatic nitrogens is 1. The summed E-state index contributed by atoms with van der Waals surface area (Å²) >= 11 is 0. The minimum absolute atomic E-state index is 0.0603. The molecule has 0 unspecified atom stereocenters. The fraction of sp³-hybridized carbons (Fsp3) is 0.267. The molecule has 0 fully saturated rings. The lowest BCUT2D eigenvalue weighted by molar-refractivity contribution is 0.199. The van der Waals surface area contributed by atoms with Crippen LogP contribution < -0.4 is 10.1 Å². The van der Waals surface area contributed by atoms with Gasteiger partial charge in [-0.1, -0.05) is 6.07 Å². The monoisotopic (exact) mass is 294 g/mol. The summed E-state index contributed by atoms with van der Waals surface area (Å²) in [6, 6.07) is 6.59. The highest BCUT2D eigenvalue weighted by Crippen LogP contribution is 2.23. The largest absolute Gasteiger partial charge is 0.436 e. The van der Waals surface area contributed by atoms with Crippen LogP contribution in [0, 0.1) is 11.6 Å². The Hall–Kier alpha value is -2.05. The zero-order valence-corrected chi connectivity index (χ0v) is 11.6. The molecule has 0 saturated carbocycles. The van der Waals surface area contributed by atoms with Crippen LogP contribution in [0.3, 0.4) is 0 Å². The Kier molecular flexibility index (Phi) is 5.59. The molecule has 0 atom stereocenters. The molecule has 0 amide bonds. The smallest absolute Gasteiger partial charge is 0.219 e. The van der Waals surface area contributed by atoms with Crippen LogP contribution in [0.5, 0.6) is 11.6 Å². The van der Waals surface area contributed by atoms with Gasteiger partial charge in [0.05, 0.1) is 6.61 Å². The first-order valence-electron chi connectivity index (χ1n) is 6.46. The SMILES string of the molecule is COCCNCc1ccc(Oc2ccc(F)cc2F)nc1. The van der Waals surface area contributed by atoms with Gasteiger partial charge in [-0.05, 0) is 17.7 Å². The summed E-state index contributed by atoms with van der Waals surface area (Å²) in [4.78, 5) is 4.08. The molecule has 0 bridgehead atoms. The van der Waals surface area contributed by atoms with Crippen molar-refractivity contribution in [2.45, 2.75) is 6.54 Å². The maximum atomic E-state index is 13.4. The van der Waals surface area contributed by atoms with Gasteiger partial charge >= 0.3 is 0 Å². The van der Waals surface area contributed by atoms with Crippen molar-refractivity contribution >= 4 is 0 Å². The van der Waals surface area contributed by atoms with E-state index in [9.17, 15) is 8.78 Å². The Bertz CT molecular complexity index is 576. The highest BCUT2D eigenvalue weighted by atomic mass is 19.1. The van der Waals surface area contributed by atoms with Crippen molar-refractivity contribution in [2.24, 2.45) is 0 Å². The highest BCUT2D eigenvalue weighted by molar-refractivity contribution is 5.29. The maximum absolute atomic E-state index is 13.4. The minimum atomic E-state index is -0.762. The zero-order valence-electron chi connectivity index (χ0n) is 11.6. The average Bonchev–Trinajstić information content (AvgIpc) is 2.48. The van der Waals surface area contributed by atoms with E-state index in [1.54, 1.807) is 19.4 Å². The van der Waals surface area contributed by atoms with Gasteiger partial charge in [0, 0.05) is 38.5 Å². The van der Waals surface area contributed by atoms with Crippen molar-refractivity contribution in [1.82, 2.24) is 10.3 Å². The van der Waals surface area contributed by atoms with Crippen LogP contribution in [-0.4, -0.2) is 25.2 Å². The van der Waals surface area contributed by atoms with E-state index in [4.69, 9.17) is 9.47 Å². The zero-order chi connectivity index (χ0) is 15.1. The third-order valence-corrected chi connectivity index (χ3v) is 2.72. The fourth-order valence-electron chi connectivity index (χ4n) is 1.65. The van der Waals surface area contributed by atoms with Crippen molar-refractivity contribution in [2.75, 3.05) is 20.3 Å². The van der Waals surface area contributed by atoms with E-state index in [0.29, 0.717) is 13.2 Å². The summed E-state index contributed by atoms with van der Waals surface area (Å²) in [6.45, 7) is 2.04. The first-order valence-corrected chi connectivity index (χ1v) is 6.46. The lowest BCUT2D eigenvalue weighted by Gasteiger charge is -2.07. The van der Waals surface area contributed by atoms with Crippen molar-refractivity contribution in [3.05, 3.63) is 53.7 Å². The number of rotatable bonds is 7. The summed E-state index contributed by atoms with van der Waals surface area (Å²) in [7, 11) is 1.64. The van der Waals surface area contributed by atoms with E-state index in [1.165, 1.54) is 6.07 Å². The number of nitrogens with one attached hydrogen (secondary N) is 1. The van der Waals surface area contributed by atoms with Gasteiger partial charge < -0.3 is 14.8 Å². The fourth-order valence-corrected chi connectivity index (χ4v) is 1.65. The molecule has 0 saturated heterocycles. The van der Waals surface area contributed by atoms with E-state index in [1.807, 2.05) is 6.07 Å². The standard InChI is InChI=1S/C15H16F2N2O2/c1-20-7-6-18-9-11-2-5-15(19-10-11)21-14-4-3-12(16)8-13(14)17/h2-5,8,10,18H,6-7,9H2,1H3. The summed E-state index contributed by atoms with van der Waals surface area (Å²) in [6.07, 6.45) is 1.64. The van der Waals surface area contributed by atoms with Gasteiger partial charge in [-0.2, -0.15) is 0 Å². The first kappa shape index (κ1) is 15.3. The molecule has 1 aromatic heterocycles. The molecule has 1 N–H and O–H groups in total. The van der Waals surface area contributed by atoms with Crippen LogP contribution in [0.25, 0.3) is 0 Å². The Morgan fingerprint density at radius 3 is 2.71 bits per heavy atom. The summed E-state index contributed by atoms with van der Waals surface area (Å²) in [5.41, 5.74) is 0.970. The van der Waals surface area contributed by atoms with Crippen molar-refractivity contribution in [3.63, 3.8) is 0 Å². The van der Waals surface area contributed by atoms with Gasteiger partial charge in [0.15, 0.2) is 11.6 Å². The molecule has 6 heteroatoms. The molecule has 21 heavy (non-hydrogen) atoms. The second-order valence-electron chi connectivity index (χ2n) is 4.35. The molecule has 0 radical (unpaired) electrons. The summed E-state index contributed by atoms with van der Waals surface area (Å²) in [5, 5.41) is 3.18. The second-order valence-corrected chi connectivity index (χ2v) is 4.35. The van der Waals surface area contributed by atoms with Crippen molar-refractivity contribution in [1.29, 1.82) is 0 Å². The molecule has 0 spiro atoms. The predicted octanol–water partition coefficient (Wildman–Crippen LogP) is 2.89. The Balaban J connectivity index is 1.92. The number of ether oxygens (including phenoxy) is 2. The third kappa shape index (κ3) is 4.77. The van der Waals surface area contributed by atoms with Gasteiger partial charge in [0.2, 0.25) is 5.88 Å². The molecule has 0 aliphatic rings. The summed E-state index contributed by atoms with van der Waals surface area (Å²) in [5.74, 6) is -1.22. The van der Waals surface area contributed by atoms with Crippen molar-refractivity contribution in [3.8, 4) is 11.6 Å². The number of hydrogen-bond donors (Lipinski definition) is 1. The number of methoxy groups -OCH3 is 1. The van der Waals surface area contributed by atoms with Crippen LogP contribution in [0.4, 0.5) is 8.78 Å². The van der Waals surface area contributed by atoms with E-state index in [0.717, 1.165) is 24.2 Å². The number of halogens is 2. The molecule has 112 valence electrons. The Morgan fingerprint density at radius 1 is 1.19 bits per heavy atom. The lowest BCUT2D eigenvalue weighted by Crippen LogP contribution is -2.18. The summed E-state index contributed by atoms with van der Waals surface area (Å²) < 4.78 is 36.4. The van der Waals surface area contributed by atoms with Crippen LogP contribution in [0.1, 0.15) is 5.56 Å². The third-order valence-electron chi connectivity index (χ3n) is 2.72. The van der Waals surface area contributed by atoms with E-state index >= 15 is 0 Å². The van der Waals surface area contributed by atoms with E-state index in [-0.39, 0.29) is 11.6 Å². The molecule has 1 aromatic carbocycles. The number of hydrogen-bond acceptors (Lipinski definition) is 4. The van der Waals surface area contributed by atoms with Gasteiger partial charge in [0.25, 0.3) is 0 Å². The molecule has 4 nitrogen and oxygen atoms in total. The van der Waals surface area contributed by atoms with Crippen LogP contribution in [0.2, 0.25) is 0 Å². The molecule has 2 rings (SSSR count). The first-order chi connectivity index (χ1) is 10.2. The van der Waals surface area contributed by atoms with Gasteiger partial charge in [-0.25, -0.2) is 13.8 Å². The molecule has 1 heterocycles. The quantitative estimate of drug-likeness (QED) is 0.797. The van der Waals surface area contributed by atoms with Crippen LogP contribution >= 0.6 is 0 Å². The van der Waals surface area contributed by atoms with Crippen LogP contribution in [-0.2, 0) is 11.3 Å². The van der Waals surface area contributed by atoms with E-state index in [2.05, 4.69) is 10.3 Å². The molecule has 0 aliphatic carbocycles. The molecular weight excluding hydrogens is 278 g/mol. The Labute approximate surface area is 121 Å². The van der Waals surface area contributed by atoms with E-state index < -0.39 is 11.6 Å². The second kappa shape index (κ2) is 7.66. The Morgan fingerprint density at radius 2 is 2.05 bits per heavy atom. The molecular formula is C15H16F2N2O2. The predicted molar refractivity (Wildman–Crippen MR) is 74.3 cm³/mol. The molecule has 0 aliphatic heterocycles. The topological polar surface area (TPSA) is 43.4 Å². The van der Waals surface area contributed by atoms with Gasteiger partial charge in [-0.3, -0.25) is 0 Å². The number of pyridine rings is 1. The highest BCUT2D eigenvalue weighted by Gasteiger charge is 2.06. The number of nitrogens with zero attached hydrogens (tertiary/aromatic N) is 1. The lowest BCUT2D eigenvalue weighted by atomic mass is 10.3. The van der Waals surface area contributed by atoms with Crippen molar-refractivity contribution < 1.29 is 18.3 Å². The normalized spacial score (nSPS) is 10.6. The molecule has 2 aromatic rings. The minimum Gasteiger partial charge on any atom is -0.436 e. The van der Waals surface area contributed by atoms with Crippen LogP contribution in [0.15, 0.2) is 36.5 Å². The maximum Gasteiger partial charge on any atom is 0.219 e. The van der Waals surface area contributed by atoms with Gasteiger partial charge in [0.1, 0.15) is 5.82 Å².